The fourth-order valence-electron chi connectivity index (χ4n) is 4.33. The third-order valence-corrected chi connectivity index (χ3v) is 5.93. The molecule has 2 N–H and O–H groups in total. The van der Waals surface area contributed by atoms with Gasteiger partial charge in [0.25, 0.3) is 5.91 Å². The van der Waals surface area contributed by atoms with Crippen LogP contribution in [0.25, 0.3) is 16.6 Å². The maximum atomic E-state index is 13.2. The predicted molar refractivity (Wildman–Crippen MR) is 110 cm³/mol. The molecule has 1 aliphatic rings. The molecule has 0 fully saturated rings. The van der Waals surface area contributed by atoms with Crippen molar-refractivity contribution in [1.82, 2.24) is 19.3 Å². The number of fused-ring (bicyclic) bond motifs is 4. The van der Waals surface area contributed by atoms with Gasteiger partial charge in [0.2, 0.25) is 0 Å². The van der Waals surface area contributed by atoms with Gasteiger partial charge in [-0.15, -0.1) is 0 Å². The lowest BCUT2D eigenvalue weighted by atomic mass is 10.0. The number of nitrogens with two attached hydrogens (primary N) is 1. The van der Waals surface area contributed by atoms with Crippen molar-refractivity contribution in [1.29, 1.82) is 0 Å². The van der Waals surface area contributed by atoms with Crippen LogP contribution >= 0.6 is 0 Å². The Balaban J connectivity index is 1.49. The molecule has 9 heteroatoms. The van der Waals surface area contributed by atoms with Crippen molar-refractivity contribution < 1.29 is 18.0 Å². The van der Waals surface area contributed by atoms with E-state index in [1.54, 1.807) is 47.1 Å². The van der Waals surface area contributed by atoms with Crippen molar-refractivity contribution in [2.45, 2.75) is 25.1 Å². The van der Waals surface area contributed by atoms with Crippen LogP contribution in [0, 0.1) is 0 Å². The van der Waals surface area contributed by atoms with Gasteiger partial charge >= 0.3 is 6.18 Å². The van der Waals surface area contributed by atoms with Crippen LogP contribution in [0.4, 0.5) is 19.0 Å². The minimum absolute atomic E-state index is 0.218. The molecular weight excluding hydrogens is 407 g/mol. The summed E-state index contributed by atoms with van der Waals surface area (Å²) in [6.07, 6.45) is -0.0867. The maximum absolute atomic E-state index is 13.2. The number of aromatic nitrogens is 3. The van der Waals surface area contributed by atoms with Crippen molar-refractivity contribution in [2.24, 2.45) is 0 Å². The van der Waals surface area contributed by atoms with Crippen LogP contribution in [0.3, 0.4) is 0 Å². The number of rotatable bonds is 2. The highest BCUT2D eigenvalue weighted by Gasteiger charge is 2.34. The van der Waals surface area contributed by atoms with Gasteiger partial charge in [0, 0.05) is 12.6 Å². The summed E-state index contributed by atoms with van der Waals surface area (Å²) in [6, 6.07) is 8.62. The van der Waals surface area contributed by atoms with Gasteiger partial charge in [0.1, 0.15) is 11.3 Å². The number of benzene rings is 2. The highest BCUT2D eigenvalue weighted by molar-refractivity contribution is 5.98. The number of carbonyl (C=O) groups is 1. The quantitative estimate of drug-likeness (QED) is 0.521. The van der Waals surface area contributed by atoms with E-state index in [2.05, 4.69) is 9.97 Å². The Hall–Kier alpha value is -3.62. The molecule has 0 bridgehead atoms. The summed E-state index contributed by atoms with van der Waals surface area (Å²) in [5.74, 6) is 0.131. The van der Waals surface area contributed by atoms with Gasteiger partial charge in [0.05, 0.1) is 35.2 Å². The average Bonchev–Trinajstić information content (AvgIpc) is 3.39. The number of nitrogen functional groups attached to an aromatic ring is 1. The zero-order valence-electron chi connectivity index (χ0n) is 16.5. The lowest BCUT2D eigenvalue weighted by Crippen LogP contribution is -2.30. The number of aryl methyl sites for hydroxylation is 1. The molecular formula is C22H18F3N5O. The van der Waals surface area contributed by atoms with Crippen LogP contribution in [0.15, 0.2) is 48.9 Å². The summed E-state index contributed by atoms with van der Waals surface area (Å²) in [5.41, 5.74) is 9.13. The molecule has 5 rings (SSSR count). The summed E-state index contributed by atoms with van der Waals surface area (Å²) >= 11 is 0. The molecule has 2 heterocycles. The third-order valence-electron chi connectivity index (χ3n) is 5.93. The first-order valence-corrected chi connectivity index (χ1v) is 9.72. The normalized spacial score (nSPS) is 16.1. The van der Waals surface area contributed by atoms with Gasteiger partial charge < -0.3 is 10.6 Å². The van der Waals surface area contributed by atoms with E-state index in [4.69, 9.17) is 5.73 Å². The lowest BCUT2D eigenvalue weighted by Gasteiger charge is -2.26. The van der Waals surface area contributed by atoms with Crippen LogP contribution < -0.4 is 5.73 Å². The monoisotopic (exact) mass is 425 g/mol. The number of hydrogen-bond donors (Lipinski definition) is 1. The standard InChI is InChI=1S/C22H18F3N5O/c1-29(17-7-3-12-8-14(22(23,24)25)4-5-15(12)17)21(31)13-2-6-16-18(9-13)30-11-27-10-19(30)20(26)28-16/h2,4-6,8-11,17H,3,7H2,1H3,(H2,26,28)/t17-/m1/s1. The van der Waals surface area contributed by atoms with E-state index in [1.165, 1.54) is 12.1 Å². The van der Waals surface area contributed by atoms with E-state index in [0.717, 1.165) is 11.6 Å². The van der Waals surface area contributed by atoms with Gasteiger partial charge in [0.15, 0.2) is 0 Å². The van der Waals surface area contributed by atoms with E-state index < -0.39 is 11.7 Å². The first kappa shape index (κ1) is 19.3. The summed E-state index contributed by atoms with van der Waals surface area (Å²) in [6.45, 7) is 0. The zero-order chi connectivity index (χ0) is 21.9. The smallest absolute Gasteiger partial charge is 0.382 e. The molecule has 0 saturated heterocycles. The maximum Gasteiger partial charge on any atom is 0.416 e. The Morgan fingerprint density at radius 2 is 2.00 bits per heavy atom. The summed E-state index contributed by atoms with van der Waals surface area (Å²) in [5, 5.41) is 0. The molecule has 2 aromatic carbocycles. The molecule has 4 aromatic rings. The van der Waals surface area contributed by atoms with Gasteiger partial charge in [-0.05, 0) is 54.3 Å². The average molecular weight is 425 g/mol. The first-order chi connectivity index (χ1) is 14.7. The number of amides is 1. The number of anilines is 1. The Kier molecular flexibility index (Phi) is 4.18. The number of halogens is 3. The molecule has 6 nitrogen and oxygen atoms in total. The third kappa shape index (κ3) is 3.08. The highest BCUT2D eigenvalue weighted by atomic mass is 19.4. The Morgan fingerprint density at radius 3 is 2.77 bits per heavy atom. The van der Waals surface area contributed by atoms with Crippen molar-refractivity contribution in [3.8, 4) is 0 Å². The second-order valence-electron chi connectivity index (χ2n) is 7.73. The Labute approximate surface area is 175 Å². The lowest BCUT2D eigenvalue weighted by molar-refractivity contribution is -0.137. The molecule has 1 atom stereocenters. The predicted octanol–water partition coefficient (Wildman–Crippen LogP) is 4.24. The minimum Gasteiger partial charge on any atom is -0.382 e. The van der Waals surface area contributed by atoms with Gasteiger partial charge in [-0.1, -0.05) is 6.07 Å². The van der Waals surface area contributed by atoms with Crippen LogP contribution in [-0.2, 0) is 12.6 Å². The molecule has 0 saturated carbocycles. The molecule has 0 radical (unpaired) electrons. The number of carbonyl (C=O) groups excluding carboxylic acids is 1. The number of nitrogens with zero attached hydrogens (tertiary/aromatic N) is 4. The highest BCUT2D eigenvalue weighted by Crippen LogP contribution is 2.39. The van der Waals surface area contributed by atoms with Gasteiger partial charge in [-0.25, -0.2) is 9.97 Å². The second-order valence-corrected chi connectivity index (χ2v) is 7.73. The van der Waals surface area contributed by atoms with Gasteiger partial charge in [-0.3, -0.25) is 9.20 Å². The van der Waals surface area contributed by atoms with Crippen LogP contribution in [0.1, 0.15) is 39.5 Å². The van der Waals surface area contributed by atoms with E-state index in [1.807, 2.05) is 0 Å². The Bertz CT molecular complexity index is 1340. The van der Waals surface area contributed by atoms with Crippen LogP contribution in [0.2, 0.25) is 0 Å². The van der Waals surface area contributed by atoms with Crippen molar-refractivity contribution in [3.63, 3.8) is 0 Å². The zero-order valence-corrected chi connectivity index (χ0v) is 16.5. The van der Waals surface area contributed by atoms with Crippen molar-refractivity contribution >= 4 is 28.3 Å². The number of imidazole rings is 1. The van der Waals surface area contributed by atoms with Crippen molar-refractivity contribution in [2.75, 3.05) is 12.8 Å². The summed E-state index contributed by atoms with van der Waals surface area (Å²) < 4.78 is 40.8. The van der Waals surface area contributed by atoms with Crippen molar-refractivity contribution in [3.05, 3.63) is 71.2 Å². The molecule has 158 valence electrons. The van der Waals surface area contributed by atoms with E-state index >= 15 is 0 Å². The molecule has 2 aromatic heterocycles. The number of hydrogen-bond acceptors (Lipinski definition) is 4. The fraction of sp³-hybridized carbons (Fsp3) is 0.227. The number of alkyl halides is 3. The summed E-state index contributed by atoms with van der Waals surface area (Å²) in [7, 11) is 1.68. The summed E-state index contributed by atoms with van der Waals surface area (Å²) in [4.78, 5) is 23.3. The topological polar surface area (TPSA) is 76.5 Å². The molecule has 0 spiro atoms. The SMILES string of the molecule is CN(C(=O)c1ccc2nc(N)c3cncn3c2c1)[C@@H]1CCc2cc(C(F)(F)F)ccc21. The first-order valence-electron chi connectivity index (χ1n) is 9.72. The van der Waals surface area contributed by atoms with E-state index in [0.29, 0.717) is 46.3 Å². The van der Waals surface area contributed by atoms with Crippen LogP contribution in [0.5, 0.6) is 0 Å². The second kappa shape index (κ2) is 6.69. The molecule has 1 aliphatic carbocycles. The van der Waals surface area contributed by atoms with Crippen LogP contribution in [-0.4, -0.2) is 32.2 Å². The van der Waals surface area contributed by atoms with E-state index in [-0.39, 0.29) is 11.9 Å². The molecule has 0 aliphatic heterocycles. The minimum atomic E-state index is -4.38. The largest absolute Gasteiger partial charge is 0.416 e. The molecule has 31 heavy (non-hydrogen) atoms. The molecule has 1 amide bonds. The Morgan fingerprint density at radius 1 is 1.19 bits per heavy atom. The fourth-order valence-corrected chi connectivity index (χ4v) is 4.33. The van der Waals surface area contributed by atoms with E-state index in [9.17, 15) is 18.0 Å². The molecule has 0 unspecified atom stereocenters. The van der Waals surface area contributed by atoms with Gasteiger partial charge in [-0.2, -0.15) is 13.2 Å².